The van der Waals surface area contributed by atoms with E-state index in [0.29, 0.717) is 23.0 Å². The van der Waals surface area contributed by atoms with E-state index in [9.17, 15) is 4.79 Å². The van der Waals surface area contributed by atoms with Crippen molar-refractivity contribution >= 4 is 17.5 Å². The number of hydrogen-bond acceptors (Lipinski definition) is 3. The van der Waals surface area contributed by atoms with Crippen molar-refractivity contribution in [2.24, 2.45) is 0 Å². The van der Waals surface area contributed by atoms with E-state index in [1.165, 1.54) is 12.3 Å². The monoisotopic (exact) mass is 250 g/mol. The van der Waals surface area contributed by atoms with Crippen molar-refractivity contribution in [3.05, 3.63) is 52.7 Å². The molecule has 0 aromatic carbocycles. The summed E-state index contributed by atoms with van der Waals surface area (Å²) >= 11 is 5.77. The van der Waals surface area contributed by atoms with Crippen LogP contribution >= 0.6 is 11.6 Å². The van der Waals surface area contributed by atoms with Crippen LogP contribution in [0.3, 0.4) is 0 Å². The molecule has 0 aliphatic heterocycles. The molecular weight excluding hydrogens is 240 g/mol. The minimum absolute atomic E-state index is 0.276. The number of hydrogen-bond donors (Lipinski definition) is 1. The van der Waals surface area contributed by atoms with Crippen LogP contribution in [0.5, 0.6) is 0 Å². The van der Waals surface area contributed by atoms with E-state index in [1.54, 1.807) is 6.07 Å². The summed E-state index contributed by atoms with van der Waals surface area (Å²) < 4.78 is 5.33. The van der Waals surface area contributed by atoms with Crippen LogP contribution in [-0.4, -0.2) is 10.9 Å². The Morgan fingerprint density at radius 3 is 2.94 bits per heavy atom. The fourth-order valence-corrected chi connectivity index (χ4v) is 1.53. The van der Waals surface area contributed by atoms with Gasteiger partial charge in [0.1, 0.15) is 17.2 Å². The summed E-state index contributed by atoms with van der Waals surface area (Å²) in [7, 11) is 0. The molecule has 0 unspecified atom stereocenters. The van der Waals surface area contributed by atoms with E-state index >= 15 is 0 Å². The van der Waals surface area contributed by atoms with Crippen molar-refractivity contribution < 1.29 is 9.21 Å². The van der Waals surface area contributed by atoms with Gasteiger partial charge in [-0.25, -0.2) is 0 Å². The summed E-state index contributed by atoms with van der Waals surface area (Å²) in [6.07, 6.45) is 1.49. The maximum absolute atomic E-state index is 11.7. The van der Waals surface area contributed by atoms with Gasteiger partial charge in [-0.15, -0.1) is 0 Å². The van der Waals surface area contributed by atoms with Crippen LogP contribution in [0.4, 0.5) is 0 Å². The molecule has 1 amide bonds. The zero-order valence-corrected chi connectivity index (χ0v) is 9.99. The smallest absolute Gasteiger partial charge is 0.270 e. The van der Waals surface area contributed by atoms with Crippen LogP contribution in [0, 0.1) is 6.92 Å². The fourth-order valence-electron chi connectivity index (χ4n) is 1.37. The number of carbonyl (C=O) groups excluding carboxylic acids is 1. The number of nitrogens with zero attached hydrogens (tertiary/aromatic N) is 1. The number of halogens is 1. The third-order valence-corrected chi connectivity index (χ3v) is 2.41. The Kier molecular flexibility index (Phi) is 3.44. The minimum Gasteiger partial charge on any atom is -0.465 e. The Hall–Kier alpha value is -1.81. The molecule has 88 valence electrons. The summed E-state index contributed by atoms with van der Waals surface area (Å²) in [5, 5.41) is 3.19. The highest BCUT2D eigenvalue weighted by Crippen LogP contribution is 2.09. The molecule has 0 fully saturated rings. The number of carbonyl (C=O) groups is 1. The highest BCUT2D eigenvalue weighted by Gasteiger charge is 2.08. The van der Waals surface area contributed by atoms with Crippen LogP contribution in [0.2, 0.25) is 5.02 Å². The van der Waals surface area contributed by atoms with Gasteiger partial charge in [0, 0.05) is 11.2 Å². The summed E-state index contributed by atoms with van der Waals surface area (Å²) in [6, 6.07) is 6.80. The van der Waals surface area contributed by atoms with Crippen LogP contribution in [0.1, 0.15) is 22.0 Å². The molecule has 0 aliphatic carbocycles. The summed E-state index contributed by atoms with van der Waals surface area (Å²) in [5.74, 6) is 1.24. The topological polar surface area (TPSA) is 55.1 Å². The van der Waals surface area contributed by atoms with Gasteiger partial charge in [-0.2, -0.15) is 0 Å². The number of nitrogens with one attached hydrogen (secondary N) is 1. The van der Waals surface area contributed by atoms with Crippen molar-refractivity contribution in [1.29, 1.82) is 0 Å². The Morgan fingerprint density at radius 2 is 2.29 bits per heavy atom. The Bertz CT molecular complexity index is 537. The molecule has 0 bridgehead atoms. The maximum Gasteiger partial charge on any atom is 0.270 e. The molecule has 0 atom stereocenters. The normalized spacial score (nSPS) is 10.2. The molecule has 2 rings (SSSR count). The molecular formula is C12H11ClN2O2. The van der Waals surface area contributed by atoms with Gasteiger partial charge < -0.3 is 9.73 Å². The number of furan rings is 1. The lowest BCUT2D eigenvalue weighted by atomic mass is 10.3. The lowest BCUT2D eigenvalue weighted by molar-refractivity contribution is 0.0943. The number of aryl methyl sites for hydroxylation is 1. The second kappa shape index (κ2) is 5.01. The highest BCUT2D eigenvalue weighted by molar-refractivity contribution is 6.30. The van der Waals surface area contributed by atoms with Crippen molar-refractivity contribution in [1.82, 2.24) is 10.3 Å². The SMILES string of the molecule is Cc1ccc(CNC(=O)c2cc(Cl)ccn2)o1. The molecule has 4 nitrogen and oxygen atoms in total. The molecule has 0 spiro atoms. The molecule has 2 aromatic rings. The first-order valence-corrected chi connectivity index (χ1v) is 5.48. The molecule has 0 saturated heterocycles. The summed E-state index contributed by atoms with van der Waals surface area (Å²) in [4.78, 5) is 15.6. The van der Waals surface area contributed by atoms with E-state index in [4.69, 9.17) is 16.0 Å². The van der Waals surface area contributed by atoms with Gasteiger partial charge in [-0.3, -0.25) is 9.78 Å². The van der Waals surface area contributed by atoms with E-state index in [2.05, 4.69) is 10.3 Å². The fraction of sp³-hybridized carbons (Fsp3) is 0.167. The molecule has 17 heavy (non-hydrogen) atoms. The van der Waals surface area contributed by atoms with Crippen molar-refractivity contribution in [2.75, 3.05) is 0 Å². The average molecular weight is 251 g/mol. The number of amides is 1. The van der Waals surface area contributed by atoms with Crippen LogP contribution in [0.15, 0.2) is 34.9 Å². The van der Waals surface area contributed by atoms with E-state index in [1.807, 2.05) is 19.1 Å². The first kappa shape index (κ1) is 11.7. The van der Waals surface area contributed by atoms with E-state index in [-0.39, 0.29) is 5.91 Å². The van der Waals surface area contributed by atoms with Gasteiger partial charge in [0.05, 0.1) is 6.54 Å². The predicted octanol–water partition coefficient (Wildman–Crippen LogP) is 2.57. The molecule has 0 saturated carbocycles. The van der Waals surface area contributed by atoms with Gasteiger partial charge in [0.15, 0.2) is 0 Å². The minimum atomic E-state index is -0.276. The van der Waals surface area contributed by atoms with Gasteiger partial charge in [-0.05, 0) is 31.2 Å². The lowest BCUT2D eigenvalue weighted by Crippen LogP contribution is -2.23. The lowest BCUT2D eigenvalue weighted by Gasteiger charge is -2.02. The molecule has 2 aromatic heterocycles. The third kappa shape index (κ3) is 3.07. The standard InChI is InChI=1S/C12H11ClN2O2/c1-8-2-3-10(17-8)7-15-12(16)11-6-9(13)4-5-14-11/h2-6H,7H2,1H3,(H,15,16). The van der Waals surface area contributed by atoms with Crippen LogP contribution < -0.4 is 5.32 Å². The van der Waals surface area contributed by atoms with Crippen LogP contribution in [-0.2, 0) is 6.54 Å². The van der Waals surface area contributed by atoms with Crippen molar-refractivity contribution in [2.45, 2.75) is 13.5 Å². The predicted molar refractivity (Wildman–Crippen MR) is 63.9 cm³/mol. The first-order chi connectivity index (χ1) is 8.15. The van der Waals surface area contributed by atoms with E-state index < -0.39 is 0 Å². The molecule has 5 heteroatoms. The summed E-state index contributed by atoms with van der Waals surface area (Å²) in [5.41, 5.74) is 0.292. The molecule has 0 radical (unpaired) electrons. The van der Waals surface area contributed by atoms with Gasteiger partial charge >= 0.3 is 0 Å². The Labute approximate surface area is 104 Å². The molecule has 2 heterocycles. The van der Waals surface area contributed by atoms with Crippen LogP contribution in [0.25, 0.3) is 0 Å². The van der Waals surface area contributed by atoms with E-state index in [0.717, 1.165) is 5.76 Å². The van der Waals surface area contributed by atoms with Gasteiger partial charge in [-0.1, -0.05) is 11.6 Å². The maximum atomic E-state index is 11.7. The summed E-state index contributed by atoms with van der Waals surface area (Å²) in [6.45, 7) is 2.19. The number of rotatable bonds is 3. The van der Waals surface area contributed by atoms with Crippen molar-refractivity contribution in [3.8, 4) is 0 Å². The largest absolute Gasteiger partial charge is 0.465 e. The zero-order chi connectivity index (χ0) is 12.3. The first-order valence-electron chi connectivity index (χ1n) is 5.10. The molecule has 1 N–H and O–H groups in total. The average Bonchev–Trinajstić information content (AvgIpc) is 2.72. The zero-order valence-electron chi connectivity index (χ0n) is 9.24. The number of aromatic nitrogens is 1. The third-order valence-electron chi connectivity index (χ3n) is 2.17. The second-order valence-electron chi connectivity index (χ2n) is 3.55. The Morgan fingerprint density at radius 1 is 1.47 bits per heavy atom. The second-order valence-corrected chi connectivity index (χ2v) is 3.99. The molecule has 0 aliphatic rings. The highest BCUT2D eigenvalue weighted by atomic mass is 35.5. The van der Waals surface area contributed by atoms with Crippen molar-refractivity contribution in [3.63, 3.8) is 0 Å². The number of pyridine rings is 1. The quantitative estimate of drug-likeness (QED) is 0.911. The Balaban J connectivity index is 1.98. The van der Waals surface area contributed by atoms with Gasteiger partial charge in [0.2, 0.25) is 0 Å². The van der Waals surface area contributed by atoms with Gasteiger partial charge in [0.25, 0.3) is 5.91 Å².